The first-order valence-electron chi connectivity index (χ1n) is 8.05. The highest BCUT2D eigenvalue weighted by atomic mass is 16.5. The molecule has 4 nitrogen and oxygen atoms in total. The first-order valence-corrected chi connectivity index (χ1v) is 8.05. The zero-order chi connectivity index (χ0) is 16.1. The monoisotopic (exact) mass is 310 g/mol. The highest BCUT2D eigenvalue weighted by molar-refractivity contribution is 5.85. The minimum atomic E-state index is -0.0354. The summed E-state index contributed by atoms with van der Waals surface area (Å²) < 4.78 is 5.18. The molecule has 0 N–H and O–H groups in total. The molecule has 0 unspecified atom stereocenters. The largest absolute Gasteiger partial charge is 0.383 e. The normalized spacial score (nSPS) is 16.1. The number of rotatable bonds is 6. The number of fused-ring (bicyclic) bond motifs is 1. The molecule has 4 heteroatoms. The van der Waals surface area contributed by atoms with Crippen LogP contribution < -0.4 is 0 Å². The van der Waals surface area contributed by atoms with Crippen molar-refractivity contribution in [2.24, 2.45) is 0 Å². The number of hydrogen-bond donors (Lipinski definition) is 0. The van der Waals surface area contributed by atoms with Crippen molar-refractivity contribution in [3.05, 3.63) is 65.5 Å². The Morgan fingerprint density at radius 2 is 2.09 bits per heavy atom. The molecule has 1 aliphatic rings. The smallest absolute Gasteiger partial charge is 0.230 e. The van der Waals surface area contributed by atoms with Crippen LogP contribution in [0.15, 0.2) is 48.7 Å². The summed E-state index contributed by atoms with van der Waals surface area (Å²) in [6.45, 7) is 1.65. The Hall–Kier alpha value is -2.20. The maximum absolute atomic E-state index is 13.1. The van der Waals surface area contributed by atoms with Crippen molar-refractivity contribution in [3.8, 4) is 0 Å². The van der Waals surface area contributed by atoms with Gasteiger partial charge in [-0.3, -0.25) is 9.78 Å². The molecule has 1 aromatic heterocycles. The molecule has 3 rings (SSSR count). The number of hydrogen-bond acceptors (Lipinski definition) is 3. The first kappa shape index (κ1) is 15.7. The van der Waals surface area contributed by atoms with Gasteiger partial charge in [0.2, 0.25) is 5.91 Å². The van der Waals surface area contributed by atoms with Crippen molar-refractivity contribution in [3.63, 3.8) is 0 Å². The van der Waals surface area contributed by atoms with E-state index in [0.717, 1.165) is 18.5 Å². The molecular weight excluding hydrogens is 288 g/mol. The number of nitrogens with zero attached hydrogens (tertiary/aromatic N) is 2. The fraction of sp³-hybridized carbons (Fsp3) is 0.368. The average molecular weight is 310 g/mol. The van der Waals surface area contributed by atoms with Gasteiger partial charge in [0.25, 0.3) is 0 Å². The third-order valence-corrected chi connectivity index (χ3v) is 4.39. The zero-order valence-electron chi connectivity index (χ0n) is 13.4. The van der Waals surface area contributed by atoms with E-state index in [-0.39, 0.29) is 11.8 Å². The van der Waals surface area contributed by atoms with Crippen LogP contribution in [0.3, 0.4) is 0 Å². The first-order chi connectivity index (χ1) is 11.3. The van der Waals surface area contributed by atoms with Gasteiger partial charge in [-0.1, -0.05) is 30.3 Å². The lowest BCUT2D eigenvalue weighted by molar-refractivity contribution is -0.134. The van der Waals surface area contributed by atoms with Crippen molar-refractivity contribution < 1.29 is 9.53 Å². The average Bonchev–Trinajstić information content (AvgIpc) is 3.03. The van der Waals surface area contributed by atoms with Gasteiger partial charge in [-0.25, -0.2) is 0 Å². The number of methoxy groups -OCH3 is 1. The molecule has 1 atom stereocenters. The Labute approximate surface area is 137 Å². The van der Waals surface area contributed by atoms with E-state index >= 15 is 0 Å². The second-order valence-electron chi connectivity index (χ2n) is 5.86. The van der Waals surface area contributed by atoms with Crippen molar-refractivity contribution in [1.29, 1.82) is 0 Å². The predicted molar refractivity (Wildman–Crippen MR) is 89.0 cm³/mol. The van der Waals surface area contributed by atoms with Gasteiger partial charge in [0.1, 0.15) is 0 Å². The molecule has 0 spiro atoms. The number of aryl methyl sites for hydroxylation is 1. The molecule has 0 saturated carbocycles. The van der Waals surface area contributed by atoms with Gasteiger partial charge >= 0.3 is 0 Å². The highest BCUT2D eigenvalue weighted by Crippen LogP contribution is 2.34. The van der Waals surface area contributed by atoms with E-state index in [2.05, 4.69) is 17.1 Å². The molecule has 23 heavy (non-hydrogen) atoms. The van der Waals surface area contributed by atoms with Crippen LogP contribution in [0.4, 0.5) is 0 Å². The minimum Gasteiger partial charge on any atom is -0.383 e. The zero-order valence-corrected chi connectivity index (χ0v) is 13.4. The Morgan fingerprint density at radius 3 is 2.87 bits per heavy atom. The maximum atomic E-state index is 13.1. The summed E-state index contributed by atoms with van der Waals surface area (Å²) >= 11 is 0. The summed E-state index contributed by atoms with van der Waals surface area (Å²) in [5.74, 6) is 0.143. The van der Waals surface area contributed by atoms with E-state index in [4.69, 9.17) is 4.74 Å². The molecule has 1 heterocycles. The predicted octanol–water partition coefficient (Wildman–Crippen LogP) is 2.79. The molecule has 0 radical (unpaired) electrons. The SMILES string of the molecule is COCCN(Cc1ccccn1)C(=O)[C@@H]1CCc2ccccc21. The van der Waals surface area contributed by atoms with E-state index in [0.29, 0.717) is 19.7 Å². The number of amides is 1. The van der Waals surface area contributed by atoms with Crippen molar-refractivity contribution in [2.75, 3.05) is 20.3 Å². The van der Waals surface area contributed by atoms with Crippen LogP contribution in [0.25, 0.3) is 0 Å². The molecule has 0 fully saturated rings. The third-order valence-electron chi connectivity index (χ3n) is 4.39. The highest BCUT2D eigenvalue weighted by Gasteiger charge is 2.31. The molecule has 1 amide bonds. The van der Waals surface area contributed by atoms with E-state index in [9.17, 15) is 4.79 Å². The molecule has 1 aromatic carbocycles. The quantitative estimate of drug-likeness (QED) is 0.824. The third kappa shape index (κ3) is 3.59. The van der Waals surface area contributed by atoms with Gasteiger partial charge in [-0.2, -0.15) is 0 Å². The minimum absolute atomic E-state index is 0.0354. The summed E-state index contributed by atoms with van der Waals surface area (Å²) in [5.41, 5.74) is 3.39. The molecule has 2 aromatic rings. The number of pyridine rings is 1. The fourth-order valence-electron chi connectivity index (χ4n) is 3.19. The van der Waals surface area contributed by atoms with Crippen LogP contribution in [0, 0.1) is 0 Å². The Bertz CT molecular complexity index is 657. The van der Waals surface area contributed by atoms with Crippen molar-refractivity contribution >= 4 is 5.91 Å². The van der Waals surface area contributed by atoms with Gasteiger partial charge in [0, 0.05) is 19.9 Å². The second kappa shape index (κ2) is 7.38. The summed E-state index contributed by atoms with van der Waals surface area (Å²) in [6, 6.07) is 14.1. The number of benzene rings is 1. The lowest BCUT2D eigenvalue weighted by Crippen LogP contribution is -2.36. The second-order valence-corrected chi connectivity index (χ2v) is 5.86. The van der Waals surface area contributed by atoms with Crippen LogP contribution in [0.2, 0.25) is 0 Å². The summed E-state index contributed by atoms with van der Waals surface area (Å²) in [7, 11) is 1.66. The number of ether oxygens (including phenoxy) is 1. The van der Waals surface area contributed by atoms with Crippen LogP contribution >= 0.6 is 0 Å². The maximum Gasteiger partial charge on any atom is 0.230 e. The molecule has 1 aliphatic carbocycles. The van der Waals surface area contributed by atoms with E-state index in [1.54, 1.807) is 13.3 Å². The molecule has 120 valence electrons. The van der Waals surface area contributed by atoms with Gasteiger partial charge < -0.3 is 9.64 Å². The van der Waals surface area contributed by atoms with Gasteiger partial charge in [0.05, 0.1) is 24.8 Å². The standard InChI is InChI=1S/C19H22N2O2/c1-23-13-12-21(14-16-7-4-5-11-20-16)19(22)18-10-9-15-6-2-3-8-17(15)18/h2-8,11,18H,9-10,12-14H2,1H3/t18-/m1/s1. The van der Waals surface area contributed by atoms with Gasteiger partial charge in [-0.05, 0) is 36.1 Å². The van der Waals surface area contributed by atoms with Crippen molar-refractivity contribution in [1.82, 2.24) is 9.88 Å². The van der Waals surface area contributed by atoms with Crippen LogP contribution in [-0.4, -0.2) is 36.1 Å². The number of carbonyl (C=O) groups is 1. The fourth-order valence-corrected chi connectivity index (χ4v) is 3.19. The van der Waals surface area contributed by atoms with Crippen LogP contribution in [0.5, 0.6) is 0 Å². The molecule has 0 bridgehead atoms. The van der Waals surface area contributed by atoms with E-state index < -0.39 is 0 Å². The number of aromatic nitrogens is 1. The van der Waals surface area contributed by atoms with Gasteiger partial charge in [0.15, 0.2) is 0 Å². The number of carbonyl (C=O) groups excluding carboxylic acids is 1. The Kier molecular flexibility index (Phi) is 5.03. The lowest BCUT2D eigenvalue weighted by Gasteiger charge is -2.25. The van der Waals surface area contributed by atoms with Crippen LogP contribution in [-0.2, 0) is 22.5 Å². The Morgan fingerprint density at radius 1 is 1.26 bits per heavy atom. The van der Waals surface area contributed by atoms with Crippen LogP contribution in [0.1, 0.15) is 29.2 Å². The Balaban J connectivity index is 1.78. The lowest BCUT2D eigenvalue weighted by atomic mass is 9.99. The van der Waals surface area contributed by atoms with Crippen molar-refractivity contribution in [2.45, 2.75) is 25.3 Å². The molecular formula is C19H22N2O2. The topological polar surface area (TPSA) is 42.4 Å². The van der Waals surface area contributed by atoms with Gasteiger partial charge in [-0.15, -0.1) is 0 Å². The summed E-state index contributed by atoms with van der Waals surface area (Å²) in [6.07, 6.45) is 3.64. The summed E-state index contributed by atoms with van der Waals surface area (Å²) in [5, 5.41) is 0. The molecule has 0 saturated heterocycles. The summed E-state index contributed by atoms with van der Waals surface area (Å²) in [4.78, 5) is 19.3. The van der Waals surface area contributed by atoms with E-state index in [1.807, 2.05) is 35.2 Å². The van der Waals surface area contributed by atoms with E-state index in [1.165, 1.54) is 11.1 Å². The molecule has 0 aliphatic heterocycles.